The number of hydrogen-bond acceptors (Lipinski definition) is 4. The molecule has 0 unspecified atom stereocenters. The summed E-state index contributed by atoms with van der Waals surface area (Å²) in [4.78, 5) is 9.33. The minimum Gasteiger partial charge on any atom is -0.235 e. The predicted molar refractivity (Wildman–Crippen MR) is 144 cm³/mol. The third kappa shape index (κ3) is 3.76. The second-order valence-corrected chi connectivity index (χ2v) is 12.3. The quantitative estimate of drug-likeness (QED) is 0.333. The predicted octanol–water partition coefficient (Wildman–Crippen LogP) is 3.66. The van der Waals surface area contributed by atoms with Gasteiger partial charge >= 0.3 is 11.4 Å². The van der Waals surface area contributed by atoms with Crippen LogP contribution in [-0.2, 0) is 22.9 Å². The lowest BCUT2D eigenvalue weighted by atomic mass is 9.89. The van der Waals surface area contributed by atoms with Crippen molar-refractivity contribution in [1.29, 1.82) is 0 Å². The van der Waals surface area contributed by atoms with Crippen molar-refractivity contribution in [3.8, 4) is 0 Å². The Bertz CT molecular complexity index is 1790. The van der Waals surface area contributed by atoms with E-state index in [-0.39, 0.29) is 10.8 Å². The molecule has 0 aromatic carbocycles. The van der Waals surface area contributed by atoms with Gasteiger partial charge in [0.1, 0.15) is 29.3 Å². The first-order valence-electron chi connectivity index (χ1n) is 13.0. The lowest BCUT2D eigenvalue weighted by molar-refractivity contribution is -0.724. The topological polar surface area (TPSA) is 72.5 Å². The molecule has 0 saturated carbocycles. The standard InChI is InChI=1S/C29H35N9/c1-27(2,3)22-18-31-26-34(14-9-15-35(22)26)20-28(4,5)21-11-12-25-36(16-17-37(25)33-21)29(6,7)23-19-30-24-10-8-13-32-38(23)24/h8-19H,20H2,1-7H3/q+2. The highest BCUT2D eigenvalue weighted by molar-refractivity contribution is 5.39. The zero-order chi connectivity index (χ0) is 26.9. The van der Waals surface area contributed by atoms with Crippen molar-refractivity contribution in [3.05, 3.63) is 90.8 Å². The number of nitrogens with zero attached hydrogens (tertiary/aromatic N) is 9. The normalized spacial score (nSPS) is 13.2. The lowest BCUT2D eigenvalue weighted by Gasteiger charge is -2.23. The van der Waals surface area contributed by atoms with Crippen LogP contribution in [0.2, 0.25) is 0 Å². The van der Waals surface area contributed by atoms with Gasteiger partial charge in [-0.3, -0.25) is 0 Å². The molecule has 0 aliphatic carbocycles. The van der Waals surface area contributed by atoms with Crippen molar-refractivity contribution in [3.63, 3.8) is 0 Å². The number of hydrogen-bond donors (Lipinski definition) is 0. The first kappa shape index (κ1) is 24.2. The molecule has 0 amide bonds. The van der Waals surface area contributed by atoms with Crippen molar-refractivity contribution in [2.24, 2.45) is 0 Å². The zero-order valence-electron chi connectivity index (χ0n) is 23.2. The fraction of sp³-hybridized carbons (Fsp3) is 0.379. The van der Waals surface area contributed by atoms with Crippen LogP contribution in [0.25, 0.3) is 17.1 Å². The van der Waals surface area contributed by atoms with E-state index in [0.717, 1.165) is 35.0 Å². The molecule has 6 rings (SSSR count). The van der Waals surface area contributed by atoms with Gasteiger partial charge in [0.2, 0.25) is 0 Å². The van der Waals surface area contributed by atoms with Gasteiger partial charge in [-0.1, -0.05) is 44.7 Å². The molecule has 0 saturated heterocycles. The van der Waals surface area contributed by atoms with Crippen LogP contribution in [0, 0.1) is 0 Å². The molecule has 0 N–H and O–H groups in total. The second-order valence-electron chi connectivity index (χ2n) is 12.3. The Labute approximate surface area is 222 Å². The van der Waals surface area contributed by atoms with Gasteiger partial charge in [-0.25, -0.2) is 23.0 Å². The molecule has 0 aliphatic rings. The summed E-state index contributed by atoms with van der Waals surface area (Å²) in [7, 11) is 0. The molecule has 6 heterocycles. The number of rotatable bonds is 5. The van der Waals surface area contributed by atoms with E-state index in [0.29, 0.717) is 0 Å². The van der Waals surface area contributed by atoms with Crippen LogP contribution >= 0.6 is 0 Å². The molecule has 9 nitrogen and oxygen atoms in total. The van der Waals surface area contributed by atoms with E-state index in [1.807, 2.05) is 39.8 Å². The first-order chi connectivity index (χ1) is 18.0. The van der Waals surface area contributed by atoms with Gasteiger partial charge in [-0.05, 0) is 32.0 Å². The van der Waals surface area contributed by atoms with Gasteiger partial charge in [0, 0.05) is 29.2 Å². The van der Waals surface area contributed by atoms with Gasteiger partial charge in [0.05, 0.1) is 30.8 Å². The number of imidazole rings is 3. The fourth-order valence-corrected chi connectivity index (χ4v) is 5.33. The molecule has 9 heteroatoms. The molecule has 0 aliphatic heterocycles. The van der Waals surface area contributed by atoms with Gasteiger partial charge in [0.15, 0.2) is 11.8 Å². The van der Waals surface area contributed by atoms with Crippen LogP contribution in [0.4, 0.5) is 0 Å². The van der Waals surface area contributed by atoms with E-state index in [4.69, 9.17) is 10.1 Å². The maximum absolute atomic E-state index is 5.06. The van der Waals surface area contributed by atoms with E-state index < -0.39 is 5.54 Å². The van der Waals surface area contributed by atoms with E-state index >= 15 is 0 Å². The van der Waals surface area contributed by atoms with Gasteiger partial charge in [0.25, 0.3) is 0 Å². The highest BCUT2D eigenvalue weighted by atomic mass is 15.3. The molecule has 6 aromatic rings. The van der Waals surface area contributed by atoms with Crippen molar-refractivity contribution < 1.29 is 9.13 Å². The first-order valence-corrected chi connectivity index (χ1v) is 13.0. The largest absolute Gasteiger partial charge is 0.403 e. The molecule has 6 aromatic heterocycles. The number of fused-ring (bicyclic) bond motifs is 3. The summed E-state index contributed by atoms with van der Waals surface area (Å²) in [6.45, 7) is 16.2. The maximum Gasteiger partial charge on any atom is 0.403 e. The molecule has 0 bridgehead atoms. The van der Waals surface area contributed by atoms with E-state index in [1.165, 1.54) is 5.69 Å². The average molecular weight is 510 g/mol. The SMILES string of the molecule is CC(C)(C)c1cnc2n1ccc[n+]2CC(C)(C)c1ccc2n(cc[n+]2C(C)(C)c2cnc3cccnn23)n1. The highest BCUT2D eigenvalue weighted by Crippen LogP contribution is 2.26. The highest BCUT2D eigenvalue weighted by Gasteiger charge is 2.36. The summed E-state index contributed by atoms with van der Waals surface area (Å²) < 4.78 is 10.5. The number of aromatic nitrogens is 9. The Balaban J connectivity index is 1.36. The van der Waals surface area contributed by atoms with Gasteiger partial charge in [-0.15, -0.1) is 4.52 Å². The summed E-state index contributed by atoms with van der Waals surface area (Å²) in [5, 5.41) is 9.59. The minimum atomic E-state index is -0.391. The molecule has 0 radical (unpaired) electrons. The molecule has 0 fully saturated rings. The molecular formula is C29H35N9+2. The molecule has 194 valence electrons. The second kappa shape index (κ2) is 8.18. The monoisotopic (exact) mass is 509 g/mol. The van der Waals surface area contributed by atoms with Crippen LogP contribution in [0.5, 0.6) is 0 Å². The van der Waals surface area contributed by atoms with Crippen LogP contribution in [0.15, 0.2) is 73.7 Å². The Morgan fingerprint density at radius 1 is 0.842 bits per heavy atom. The summed E-state index contributed by atoms with van der Waals surface area (Å²) >= 11 is 0. The van der Waals surface area contributed by atoms with Gasteiger partial charge < -0.3 is 0 Å². The summed E-state index contributed by atoms with van der Waals surface area (Å²) in [6, 6.07) is 10.3. The van der Waals surface area contributed by atoms with Crippen molar-refractivity contribution in [2.75, 3.05) is 0 Å². The molecule has 0 spiro atoms. The molecule has 0 atom stereocenters. The van der Waals surface area contributed by atoms with Crippen LogP contribution in [-0.4, -0.2) is 33.6 Å². The average Bonchev–Trinajstić information content (AvgIpc) is 3.59. The van der Waals surface area contributed by atoms with Crippen molar-refractivity contribution in [2.45, 2.75) is 71.4 Å². The van der Waals surface area contributed by atoms with Crippen LogP contribution in [0.1, 0.15) is 65.5 Å². The zero-order valence-corrected chi connectivity index (χ0v) is 23.2. The summed E-state index contributed by atoms with van der Waals surface area (Å²) in [5.74, 6) is 0.939. The Hall–Kier alpha value is -4.14. The molecule has 38 heavy (non-hydrogen) atoms. The molecular weight excluding hydrogens is 474 g/mol. The van der Waals surface area contributed by atoms with E-state index in [9.17, 15) is 0 Å². The third-order valence-electron chi connectivity index (χ3n) is 7.51. The minimum absolute atomic E-state index is 0.0115. The Kier molecular flexibility index (Phi) is 5.21. The van der Waals surface area contributed by atoms with Gasteiger partial charge in [-0.2, -0.15) is 5.10 Å². The van der Waals surface area contributed by atoms with Crippen molar-refractivity contribution >= 4 is 17.1 Å². The van der Waals surface area contributed by atoms with E-state index in [1.54, 1.807) is 6.20 Å². The van der Waals surface area contributed by atoms with E-state index in [2.05, 4.69) is 109 Å². The summed E-state index contributed by atoms with van der Waals surface area (Å²) in [5.41, 5.74) is 4.44. The lowest BCUT2D eigenvalue weighted by Crippen LogP contribution is -2.53. The van der Waals surface area contributed by atoms with Crippen LogP contribution < -0.4 is 9.13 Å². The smallest absolute Gasteiger partial charge is 0.235 e. The Morgan fingerprint density at radius 3 is 2.42 bits per heavy atom. The third-order valence-corrected chi connectivity index (χ3v) is 7.51. The van der Waals surface area contributed by atoms with Crippen molar-refractivity contribution in [1.82, 2.24) is 33.6 Å². The fourth-order valence-electron chi connectivity index (χ4n) is 5.33. The summed E-state index contributed by atoms with van der Waals surface area (Å²) in [6.07, 6.45) is 14.0. The Morgan fingerprint density at radius 2 is 1.63 bits per heavy atom. The maximum atomic E-state index is 5.06. The van der Waals surface area contributed by atoms with Crippen LogP contribution in [0.3, 0.4) is 0 Å².